The molecular formula is C15H14BrNO3. The molecule has 0 fully saturated rings. The number of ketones is 1. The second-order valence-corrected chi connectivity index (χ2v) is 5.08. The van der Waals surface area contributed by atoms with E-state index in [2.05, 4.69) is 15.9 Å². The number of hydrogen-bond donors (Lipinski definition) is 1. The zero-order chi connectivity index (χ0) is 14.7. The van der Waals surface area contributed by atoms with Gasteiger partial charge < -0.3 is 15.2 Å². The number of anilines is 1. The molecule has 2 rings (SSSR count). The van der Waals surface area contributed by atoms with Gasteiger partial charge in [-0.1, -0.05) is 15.9 Å². The van der Waals surface area contributed by atoms with E-state index in [1.165, 1.54) is 14.2 Å². The lowest BCUT2D eigenvalue weighted by Crippen LogP contribution is -2.06. The molecule has 0 aliphatic carbocycles. The number of ether oxygens (including phenoxy) is 2. The van der Waals surface area contributed by atoms with Crippen molar-refractivity contribution in [1.82, 2.24) is 0 Å². The number of nitrogens with two attached hydrogens (primary N) is 1. The van der Waals surface area contributed by atoms with Crippen LogP contribution in [0.1, 0.15) is 15.9 Å². The molecule has 0 aliphatic heterocycles. The van der Waals surface area contributed by atoms with Crippen molar-refractivity contribution in [2.45, 2.75) is 0 Å². The number of hydrogen-bond acceptors (Lipinski definition) is 4. The minimum atomic E-state index is -0.174. The van der Waals surface area contributed by atoms with Crippen molar-refractivity contribution in [2.75, 3.05) is 20.0 Å². The Bertz CT molecular complexity index is 633. The third kappa shape index (κ3) is 2.93. The maximum absolute atomic E-state index is 12.5. The molecule has 0 aliphatic rings. The molecule has 2 aromatic carbocycles. The van der Waals surface area contributed by atoms with Crippen molar-refractivity contribution in [3.05, 3.63) is 52.0 Å². The summed E-state index contributed by atoms with van der Waals surface area (Å²) < 4.78 is 11.2. The number of halogens is 1. The molecule has 104 valence electrons. The first-order chi connectivity index (χ1) is 9.55. The van der Waals surface area contributed by atoms with Gasteiger partial charge in [-0.15, -0.1) is 0 Å². The molecule has 0 saturated heterocycles. The number of rotatable bonds is 4. The van der Waals surface area contributed by atoms with Crippen molar-refractivity contribution in [1.29, 1.82) is 0 Å². The van der Waals surface area contributed by atoms with Gasteiger partial charge in [0, 0.05) is 27.4 Å². The standard InChI is InChI=1S/C15H14BrNO3/c1-19-11-5-9(6-12(8-11)20-2)15(18)13-4-3-10(16)7-14(13)17/h3-8H,17H2,1-2H3. The lowest BCUT2D eigenvalue weighted by molar-refractivity contribution is 0.103. The summed E-state index contributed by atoms with van der Waals surface area (Å²) in [5.41, 5.74) is 7.23. The molecule has 0 heterocycles. The molecule has 2 N–H and O–H groups in total. The van der Waals surface area contributed by atoms with E-state index < -0.39 is 0 Å². The summed E-state index contributed by atoms with van der Waals surface area (Å²) in [6.45, 7) is 0. The van der Waals surface area contributed by atoms with E-state index in [1.54, 1.807) is 36.4 Å². The monoisotopic (exact) mass is 335 g/mol. The molecule has 0 amide bonds. The topological polar surface area (TPSA) is 61.5 Å². The van der Waals surface area contributed by atoms with E-state index in [0.29, 0.717) is 28.3 Å². The first-order valence-electron chi connectivity index (χ1n) is 5.88. The first kappa shape index (κ1) is 14.4. The Labute approximate surface area is 125 Å². The molecule has 0 bridgehead atoms. The average Bonchev–Trinajstić information content (AvgIpc) is 2.46. The van der Waals surface area contributed by atoms with Gasteiger partial charge in [0.25, 0.3) is 0 Å². The highest BCUT2D eigenvalue weighted by Gasteiger charge is 2.15. The molecule has 0 radical (unpaired) electrons. The summed E-state index contributed by atoms with van der Waals surface area (Å²) in [7, 11) is 3.08. The zero-order valence-corrected chi connectivity index (χ0v) is 12.7. The van der Waals surface area contributed by atoms with Crippen LogP contribution in [0.25, 0.3) is 0 Å². The average molecular weight is 336 g/mol. The first-order valence-corrected chi connectivity index (χ1v) is 6.67. The highest BCUT2D eigenvalue weighted by Crippen LogP contribution is 2.26. The highest BCUT2D eigenvalue weighted by molar-refractivity contribution is 9.10. The molecular weight excluding hydrogens is 322 g/mol. The van der Waals surface area contributed by atoms with Crippen molar-refractivity contribution in [2.24, 2.45) is 0 Å². The van der Waals surface area contributed by atoms with Crippen molar-refractivity contribution in [3.8, 4) is 11.5 Å². The van der Waals surface area contributed by atoms with Gasteiger partial charge in [0.1, 0.15) is 11.5 Å². The van der Waals surface area contributed by atoms with E-state index in [9.17, 15) is 4.79 Å². The molecule has 0 unspecified atom stereocenters. The Hall–Kier alpha value is -2.01. The lowest BCUT2D eigenvalue weighted by atomic mass is 10.0. The molecule has 5 heteroatoms. The van der Waals surface area contributed by atoms with E-state index in [-0.39, 0.29) is 5.78 Å². The van der Waals surface area contributed by atoms with E-state index in [1.807, 2.05) is 0 Å². The predicted octanol–water partition coefficient (Wildman–Crippen LogP) is 3.28. The number of carbonyl (C=O) groups is 1. The summed E-state index contributed by atoms with van der Waals surface area (Å²) in [4.78, 5) is 12.5. The fourth-order valence-corrected chi connectivity index (χ4v) is 2.21. The fraction of sp³-hybridized carbons (Fsp3) is 0.133. The molecule has 0 aromatic heterocycles. The van der Waals surface area contributed by atoms with Gasteiger partial charge in [0.15, 0.2) is 5.78 Å². The van der Waals surface area contributed by atoms with Crippen molar-refractivity contribution in [3.63, 3.8) is 0 Å². The maximum Gasteiger partial charge on any atom is 0.195 e. The Kier molecular flexibility index (Phi) is 4.29. The van der Waals surface area contributed by atoms with Gasteiger partial charge in [0.2, 0.25) is 0 Å². The molecule has 2 aromatic rings. The van der Waals surface area contributed by atoms with Gasteiger partial charge in [-0.2, -0.15) is 0 Å². The predicted molar refractivity (Wildman–Crippen MR) is 81.5 cm³/mol. The Balaban J connectivity index is 2.47. The Morgan fingerprint density at radius 2 is 1.65 bits per heavy atom. The van der Waals surface area contributed by atoms with Crippen LogP contribution < -0.4 is 15.2 Å². The van der Waals surface area contributed by atoms with Crippen LogP contribution in [0.5, 0.6) is 11.5 Å². The van der Waals surface area contributed by atoms with E-state index >= 15 is 0 Å². The maximum atomic E-state index is 12.5. The van der Waals surface area contributed by atoms with Crippen molar-refractivity contribution < 1.29 is 14.3 Å². The third-order valence-corrected chi connectivity index (χ3v) is 3.37. The summed E-state index contributed by atoms with van der Waals surface area (Å²) in [5.74, 6) is 0.943. The van der Waals surface area contributed by atoms with Crippen LogP contribution in [-0.4, -0.2) is 20.0 Å². The number of carbonyl (C=O) groups excluding carboxylic acids is 1. The highest BCUT2D eigenvalue weighted by atomic mass is 79.9. The summed E-state index contributed by atoms with van der Waals surface area (Å²) >= 11 is 3.32. The molecule has 4 nitrogen and oxygen atoms in total. The van der Waals surface area contributed by atoms with Crippen LogP contribution in [0.15, 0.2) is 40.9 Å². The molecule has 20 heavy (non-hydrogen) atoms. The zero-order valence-electron chi connectivity index (χ0n) is 11.1. The third-order valence-electron chi connectivity index (χ3n) is 2.87. The fourth-order valence-electron chi connectivity index (χ4n) is 1.83. The SMILES string of the molecule is COc1cc(OC)cc(C(=O)c2ccc(Br)cc2N)c1. The van der Waals surface area contributed by atoms with Crippen molar-refractivity contribution >= 4 is 27.4 Å². The normalized spacial score (nSPS) is 10.2. The van der Waals surface area contributed by atoms with Gasteiger partial charge in [0.05, 0.1) is 14.2 Å². The second kappa shape index (κ2) is 5.96. The second-order valence-electron chi connectivity index (χ2n) is 4.16. The minimum Gasteiger partial charge on any atom is -0.497 e. The molecule has 0 atom stereocenters. The van der Waals surface area contributed by atoms with Crippen LogP contribution in [-0.2, 0) is 0 Å². The van der Waals surface area contributed by atoms with Crippen LogP contribution in [0.2, 0.25) is 0 Å². The quantitative estimate of drug-likeness (QED) is 0.688. The summed E-state index contributed by atoms with van der Waals surface area (Å²) in [5, 5.41) is 0. The Morgan fingerprint density at radius 1 is 1.05 bits per heavy atom. The van der Waals surface area contributed by atoms with Gasteiger partial charge in [-0.05, 0) is 30.3 Å². The van der Waals surface area contributed by atoms with Gasteiger partial charge in [-0.25, -0.2) is 0 Å². The smallest absolute Gasteiger partial charge is 0.195 e. The number of methoxy groups -OCH3 is 2. The Morgan fingerprint density at radius 3 is 2.15 bits per heavy atom. The van der Waals surface area contributed by atoms with Crippen LogP contribution in [0.3, 0.4) is 0 Å². The largest absolute Gasteiger partial charge is 0.497 e. The minimum absolute atomic E-state index is 0.174. The van der Waals surface area contributed by atoms with Gasteiger partial charge in [-0.3, -0.25) is 4.79 Å². The number of nitrogen functional groups attached to an aromatic ring is 1. The molecule has 0 saturated carbocycles. The van der Waals surface area contributed by atoms with E-state index in [0.717, 1.165) is 4.47 Å². The lowest BCUT2D eigenvalue weighted by Gasteiger charge is -2.09. The van der Waals surface area contributed by atoms with E-state index in [4.69, 9.17) is 15.2 Å². The molecule has 0 spiro atoms. The van der Waals surface area contributed by atoms with Crippen LogP contribution in [0.4, 0.5) is 5.69 Å². The summed E-state index contributed by atoms with van der Waals surface area (Å²) in [6.07, 6.45) is 0. The van der Waals surface area contributed by atoms with Crippen LogP contribution >= 0.6 is 15.9 Å². The number of benzene rings is 2. The summed E-state index contributed by atoms with van der Waals surface area (Å²) in [6, 6.07) is 10.2. The van der Waals surface area contributed by atoms with Crippen LogP contribution in [0, 0.1) is 0 Å². The van der Waals surface area contributed by atoms with Gasteiger partial charge >= 0.3 is 0 Å².